The molecule has 160 valence electrons. The summed E-state index contributed by atoms with van der Waals surface area (Å²) in [4.78, 5) is 17.8. The molecule has 0 aliphatic carbocycles. The molecule has 5 rings (SSSR count). The average Bonchev–Trinajstić information content (AvgIpc) is 3.35. The molecule has 3 aromatic rings. The molecule has 2 aromatic carbocycles. The SMILES string of the molecule is Cc1ccc2c(c1)C1CN(C)CCC1N2C(=O)CSc1nnnn1-c1ccc(Cl)cc1. The van der Waals surface area contributed by atoms with Crippen molar-refractivity contribution in [3.63, 3.8) is 0 Å². The van der Waals surface area contributed by atoms with E-state index in [-0.39, 0.29) is 17.7 Å². The number of thioether (sulfide) groups is 1. The van der Waals surface area contributed by atoms with Gasteiger partial charge in [-0.05, 0) is 73.3 Å². The number of carbonyl (C=O) groups is 1. The summed E-state index contributed by atoms with van der Waals surface area (Å²) in [7, 11) is 2.16. The van der Waals surface area contributed by atoms with Gasteiger partial charge in [-0.3, -0.25) is 4.79 Å². The number of hydrogen-bond acceptors (Lipinski definition) is 6. The lowest BCUT2D eigenvalue weighted by Gasteiger charge is -2.36. The Morgan fingerprint density at radius 1 is 1.23 bits per heavy atom. The fourth-order valence-corrected chi connectivity index (χ4v) is 5.49. The van der Waals surface area contributed by atoms with Crippen molar-refractivity contribution >= 4 is 35.0 Å². The number of benzene rings is 2. The van der Waals surface area contributed by atoms with Crippen molar-refractivity contribution in [2.24, 2.45) is 0 Å². The summed E-state index contributed by atoms with van der Waals surface area (Å²) in [5.41, 5.74) is 4.39. The predicted molar refractivity (Wildman–Crippen MR) is 122 cm³/mol. The second-order valence-electron chi connectivity index (χ2n) is 8.19. The van der Waals surface area contributed by atoms with Gasteiger partial charge in [-0.15, -0.1) is 5.10 Å². The molecule has 1 aromatic heterocycles. The maximum absolute atomic E-state index is 13.4. The van der Waals surface area contributed by atoms with Crippen LogP contribution in [0.4, 0.5) is 5.69 Å². The number of amides is 1. The Labute approximate surface area is 190 Å². The van der Waals surface area contributed by atoms with Crippen LogP contribution in [0, 0.1) is 6.92 Å². The predicted octanol–water partition coefficient (Wildman–Crippen LogP) is 3.55. The second kappa shape index (κ2) is 8.26. The molecule has 3 heterocycles. The molecule has 0 radical (unpaired) electrons. The monoisotopic (exact) mass is 454 g/mol. The van der Waals surface area contributed by atoms with E-state index in [1.807, 2.05) is 17.0 Å². The normalized spacial score (nSPS) is 20.5. The van der Waals surface area contributed by atoms with Crippen molar-refractivity contribution in [1.82, 2.24) is 25.1 Å². The minimum atomic E-state index is 0.0952. The summed E-state index contributed by atoms with van der Waals surface area (Å²) in [6, 6.07) is 13.9. The van der Waals surface area contributed by atoms with Gasteiger partial charge in [-0.1, -0.05) is 41.1 Å². The summed E-state index contributed by atoms with van der Waals surface area (Å²) in [6.07, 6.45) is 0.980. The molecule has 2 unspecified atom stereocenters. The lowest BCUT2D eigenvalue weighted by Crippen LogP contribution is -2.47. The minimum Gasteiger partial charge on any atom is -0.308 e. The van der Waals surface area contributed by atoms with Crippen LogP contribution in [0.25, 0.3) is 5.69 Å². The lowest BCUT2D eigenvalue weighted by atomic mass is 9.89. The first-order valence-corrected chi connectivity index (χ1v) is 11.7. The Bertz CT molecular complexity index is 1120. The van der Waals surface area contributed by atoms with Crippen LogP contribution < -0.4 is 4.90 Å². The Balaban J connectivity index is 1.37. The average molecular weight is 455 g/mol. The number of aryl methyl sites for hydroxylation is 1. The number of nitrogens with zero attached hydrogens (tertiary/aromatic N) is 6. The number of likely N-dealkylation sites (tertiary alicyclic amines) is 1. The van der Waals surface area contributed by atoms with Crippen molar-refractivity contribution in [3.05, 3.63) is 58.6 Å². The summed E-state index contributed by atoms with van der Waals surface area (Å²) in [5.74, 6) is 0.736. The van der Waals surface area contributed by atoms with Crippen LogP contribution in [0.5, 0.6) is 0 Å². The van der Waals surface area contributed by atoms with Crippen LogP contribution >= 0.6 is 23.4 Å². The number of anilines is 1. The van der Waals surface area contributed by atoms with Gasteiger partial charge in [0.1, 0.15) is 0 Å². The van der Waals surface area contributed by atoms with Gasteiger partial charge in [0.25, 0.3) is 0 Å². The molecular weight excluding hydrogens is 432 g/mol. The molecule has 1 saturated heterocycles. The smallest absolute Gasteiger partial charge is 0.237 e. The first kappa shape index (κ1) is 20.5. The first-order chi connectivity index (χ1) is 15.0. The van der Waals surface area contributed by atoms with Crippen molar-refractivity contribution in [2.45, 2.75) is 30.5 Å². The number of rotatable bonds is 4. The van der Waals surface area contributed by atoms with Gasteiger partial charge in [-0.2, -0.15) is 4.68 Å². The zero-order valence-corrected chi connectivity index (χ0v) is 19.0. The number of likely N-dealkylation sites (N-methyl/N-ethyl adjacent to an activating group) is 1. The molecule has 31 heavy (non-hydrogen) atoms. The third kappa shape index (κ3) is 3.84. The fraction of sp³-hybridized carbons (Fsp3) is 0.364. The van der Waals surface area contributed by atoms with E-state index < -0.39 is 0 Å². The zero-order chi connectivity index (χ0) is 21.5. The van der Waals surface area contributed by atoms with E-state index in [4.69, 9.17) is 11.6 Å². The van der Waals surface area contributed by atoms with Crippen LogP contribution in [0.15, 0.2) is 47.6 Å². The largest absolute Gasteiger partial charge is 0.308 e. The molecule has 7 nitrogen and oxygen atoms in total. The molecule has 0 N–H and O–H groups in total. The van der Waals surface area contributed by atoms with Crippen molar-refractivity contribution < 1.29 is 4.79 Å². The van der Waals surface area contributed by atoms with Gasteiger partial charge in [-0.25, -0.2) is 0 Å². The summed E-state index contributed by atoms with van der Waals surface area (Å²) in [5, 5.41) is 13.2. The van der Waals surface area contributed by atoms with Crippen molar-refractivity contribution in [1.29, 1.82) is 0 Å². The van der Waals surface area contributed by atoms with E-state index in [9.17, 15) is 4.79 Å². The third-order valence-corrected chi connectivity index (χ3v) is 7.21. The highest BCUT2D eigenvalue weighted by molar-refractivity contribution is 7.99. The van der Waals surface area contributed by atoms with Crippen molar-refractivity contribution in [2.75, 3.05) is 30.8 Å². The lowest BCUT2D eigenvalue weighted by molar-refractivity contribution is -0.116. The van der Waals surface area contributed by atoms with Gasteiger partial charge in [0, 0.05) is 29.2 Å². The number of hydrogen-bond donors (Lipinski definition) is 0. The van der Waals surface area contributed by atoms with E-state index in [0.29, 0.717) is 16.1 Å². The molecule has 9 heteroatoms. The highest BCUT2D eigenvalue weighted by Gasteiger charge is 2.43. The van der Waals surface area contributed by atoms with Crippen molar-refractivity contribution in [3.8, 4) is 5.69 Å². The topological polar surface area (TPSA) is 67.2 Å². The van der Waals surface area contributed by atoms with E-state index in [1.165, 1.54) is 22.9 Å². The number of fused-ring (bicyclic) bond motifs is 3. The summed E-state index contributed by atoms with van der Waals surface area (Å²) < 4.78 is 1.63. The number of carbonyl (C=O) groups excluding carboxylic acids is 1. The van der Waals surface area contributed by atoms with Crippen LogP contribution in [0.1, 0.15) is 23.5 Å². The highest BCUT2D eigenvalue weighted by Crippen LogP contribution is 2.45. The van der Waals surface area contributed by atoms with Gasteiger partial charge >= 0.3 is 0 Å². The van der Waals surface area contributed by atoms with Crippen LogP contribution in [0.3, 0.4) is 0 Å². The number of aromatic nitrogens is 4. The first-order valence-electron chi connectivity index (χ1n) is 10.3. The maximum Gasteiger partial charge on any atom is 0.237 e. The van der Waals surface area contributed by atoms with E-state index >= 15 is 0 Å². The number of halogens is 1. The molecule has 0 spiro atoms. The van der Waals surface area contributed by atoms with E-state index in [2.05, 4.69) is 52.6 Å². The van der Waals surface area contributed by atoms with Gasteiger partial charge in [0.15, 0.2) is 0 Å². The van der Waals surface area contributed by atoms with Crippen LogP contribution in [-0.4, -0.2) is 62.9 Å². The molecular formula is C22H23ClN6OS. The fourth-order valence-electron chi connectivity index (χ4n) is 4.61. The highest BCUT2D eigenvalue weighted by atomic mass is 35.5. The summed E-state index contributed by atoms with van der Waals surface area (Å²) >= 11 is 7.34. The number of tetrazole rings is 1. The van der Waals surface area contributed by atoms with E-state index in [0.717, 1.165) is 30.9 Å². The van der Waals surface area contributed by atoms with Gasteiger partial charge in [0.05, 0.1) is 11.4 Å². The van der Waals surface area contributed by atoms with Gasteiger partial charge < -0.3 is 9.80 Å². The van der Waals surface area contributed by atoms with Crippen LogP contribution in [-0.2, 0) is 4.79 Å². The number of piperidine rings is 1. The standard InChI is InChI=1S/C22H23ClN6OS/c1-14-3-8-19-17(11-14)18-12-27(2)10-9-20(18)28(19)21(30)13-31-22-24-25-26-29(22)16-6-4-15(23)5-7-16/h3-8,11,18,20H,9-10,12-13H2,1-2H3. The molecule has 0 saturated carbocycles. The molecule has 2 atom stereocenters. The second-order valence-corrected chi connectivity index (χ2v) is 9.57. The Hall–Kier alpha value is -2.42. The zero-order valence-electron chi connectivity index (χ0n) is 17.4. The van der Waals surface area contributed by atoms with E-state index in [1.54, 1.807) is 16.8 Å². The Morgan fingerprint density at radius 3 is 2.84 bits per heavy atom. The Morgan fingerprint density at radius 2 is 2.03 bits per heavy atom. The third-order valence-electron chi connectivity index (χ3n) is 6.06. The van der Waals surface area contributed by atoms with Crippen LogP contribution in [0.2, 0.25) is 5.02 Å². The molecule has 0 bridgehead atoms. The van der Waals surface area contributed by atoms with Gasteiger partial charge in [0.2, 0.25) is 11.1 Å². The Kier molecular flexibility index (Phi) is 5.45. The quantitative estimate of drug-likeness (QED) is 0.561. The summed E-state index contributed by atoms with van der Waals surface area (Å²) in [6.45, 7) is 4.09. The molecule has 2 aliphatic rings. The maximum atomic E-state index is 13.4. The molecule has 1 amide bonds. The molecule has 1 fully saturated rings. The molecule has 2 aliphatic heterocycles. The minimum absolute atomic E-state index is 0.0952.